The summed E-state index contributed by atoms with van der Waals surface area (Å²) in [6, 6.07) is 5.69. The zero-order chi connectivity index (χ0) is 13.6. The Hall–Kier alpha value is -0.770. The van der Waals surface area contributed by atoms with Gasteiger partial charge in [-0.2, -0.15) is 0 Å². The lowest BCUT2D eigenvalue weighted by Crippen LogP contribution is -2.34. The summed E-state index contributed by atoms with van der Waals surface area (Å²) in [5.41, 5.74) is 0.337. The van der Waals surface area contributed by atoms with Gasteiger partial charge in [-0.1, -0.05) is 31.5 Å². The maximum Gasteiger partial charge on any atom is 0.138 e. The summed E-state index contributed by atoms with van der Waals surface area (Å²) < 4.78 is 5.61. The van der Waals surface area contributed by atoms with Crippen LogP contribution in [-0.4, -0.2) is 24.4 Å². The molecule has 0 heterocycles. The molecular formula is C14H22ClNO2. The summed E-state index contributed by atoms with van der Waals surface area (Å²) in [5.74, 6) is 0.622. The van der Waals surface area contributed by atoms with Crippen LogP contribution in [0.1, 0.15) is 32.3 Å². The molecule has 18 heavy (non-hydrogen) atoms. The fourth-order valence-corrected chi connectivity index (χ4v) is 1.90. The van der Waals surface area contributed by atoms with Crippen LogP contribution in [0.2, 0.25) is 5.02 Å². The third kappa shape index (κ3) is 4.16. The Morgan fingerprint density at radius 3 is 2.50 bits per heavy atom. The number of hydrogen-bond acceptors (Lipinski definition) is 3. The fraction of sp³-hybridized carbons (Fsp3) is 0.571. The molecule has 0 fully saturated rings. The van der Waals surface area contributed by atoms with E-state index in [1.807, 2.05) is 39.1 Å². The number of ether oxygens (including phenoxy) is 1. The monoisotopic (exact) mass is 271 g/mol. The first kappa shape index (κ1) is 15.3. The largest absolute Gasteiger partial charge is 0.489 e. The lowest BCUT2D eigenvalue weighted by Gasteiger charge is -2.25. The van der Waals surface area contributed by atoms with Crippen LogP contribution in [0.25, 0.3) is 0 Å². The lowest BCUT2D eigenvalue weighted by atomic mass is 9.99. The highest BCUT2D eigenvalue weighted by molar-refractivity contribution is 6.32. The Labute approximate surface area is 114 Å². The van der Waals surface area contributed by atoms with E-state index in [0.717, 1.165) is 12.1 Å². The number of halogens is 1. The summed E-state index contributed by atoms with van der Waals surface area (Å²) in [5, 5.41) is 13.8. The van der Waals surface area contributed by atoms with Gasteiger partial charge in [0.25, 0.3) is 0 Å². The van der Waals surface area contributed by atoms with Gasteiger partial charge in [-0.15, -0.1) is 0 Å². The predicted molar refractivity (Wildman–Crippen MR) is 75.2 cm³/mol. The van der Waals surface area contributed by atoms with Gasteiger partial charge in [0.2, 0.25) is 0 Å². The van der Waals surface area contributed by atoms with Crippen molar-refractivity contribution in [3.63, 3.8) is 0 Å². The Balaban J connectivity index is 2.68. The molecular weight excluding hydrogens is 250 g/mol. The van der Waals surface area contributed by atoms with E-state index < -0.39 is 5.60 Å². The van der Waals surface area contributed by atoms with Crippen LogP contribution < -0.4 is 10.1 Å². The van der Waals surface area contributed by atoms with Crippen molar-refractivity contribution in [2.75, 3.05) is 13.7 Å². The minimum Gasteiger partial charge on any atom is -0.489 e. The van der Waals surface area contributed by atoms with Gasteiger partial charge >= 0.3 is 0 Å². The molecule has 1 aromatic rings. The van der Waals surface area contributed by atoms with Gasteiger partial charge in [-0.3, -0.25) is 0 Å². The predicted octanol–water partition coefficient (Wildman–Crippen LogP) is 2.99. The number of benzene rings is 1. The quantitative estimate of drug-likeness (QED) is 0.801. The highest BCUT2D eigenvalue weighted by Gasteiger charge is 2.23. The Morgan fingerprint density at radius 2 is 2.00 bits per heavy atom. The molecule has 0 unspecified atom stereocenters. The van der Waals surface area contributed by atoms with Crippen LogP contribution in [0, 0.1) is 0 Å². The first-order valence-electron chi connectivity index (χ1n) is 6.33. The van der Waals surface area contributed by atoms with Gasteiger partial charge in [-0.05, 0) is 37.6 Å². The zero-order valence-electron chi connectivity index (χ0n) is 11.3. The highest BCUT2D eigenvalue weighted by atomic mass is 35.5. The average molecular weight is 272 g/mol. The van der Waals surface area contributed by atoms with Crippen LogP contribution in [-0.2, 0) is 6.54 Å². The minimum atomic E-state index is -0.771. The number of nitrogens with one attached hydrogen (secondary N) is 1. The van der Waals surface area contributed by atoms with E-state index in [2.05, 4.69) is 5.32 Å². The van der Waals surface area contributed by atoms with Crippen molar-refractivity contribution in [2.45, 2.75) is 38.8 Å². The molecule has 0 aliphatic rings. The Morgan fingerprint density at radius 1 is 1.33 bits per heavy atom. The number of aliphatic hydroxyl groups is 1. The second kappa shape index (κ2) is 6.98. The standard InChI is InChI=1S/C14H22ClNO2/c1-4-14(17,5-2)10-18-13-7-6-11(9-16-3)8-12(13)15/h6-8,16-17H,4-5,9-10H2,1-3H3. The molecule has 0 saturated carbocycles. The van der Waals surface area contributed by atoms with Crippen molar-refractivity contribution in [2.24, 2.45) is 0 Å². The third-order valence-corrected chi connectivity index (χ3v) is 3.49. The SMILES string of the molecule is CCC(O)(CC)COc1ccc(CNC)cc1Cl. The second-order valence-electron chi connectivity index (χ2n) is 4.52. The molecule has 0 radical (unpaired) electrons. The van der Waals surface area contributed by atoms with Crippen molar-refractivity contribution in [1.82, 2.24) is 5.32 Å². The molecule has 0 spiro atoms. The normalized spacial score (nSPS) is 11.6. The zero-order valence-corrected chi connectivity index (χ0v) is 12.0. The first-order chi connectivity index (χ1) is 8.54. The van der Waals surface area contributed by atoms with Crippen molar-refractivity contribution in [3.8, 4) is 5.75 Å². The number of hydrogen-bond donors (Lipinski definition) is 2. The van der Waals surface area contributed by atoms with E-state index in [-0.39, 0.29) is 6.61 Å². The summed E-state index contributed by atoms with van der Waals surface area (Å²) in [7, 11) is 1.89. The molecule has 2 N–H and O–H groups in total. The molecule has 4 heteroatoms. The lowest BCUT2D eigenvalue weighted by molar-refractivity contribution is -0.0113. The molecule has 1 aromatic carbocycles. The van der Waals surface area contributed by atoms with E-state index in [1.165, 1.54) is 0 Å². The van der Waals surface area contributed by atoms with Gasteiger partial charge in [0.15, 0.2) is 0 Å². The van der Waals surface area contributed by atoms with Crippen molar-refractivity contribution in [3.05, 3.63) is 28.8 Å². The van der Waals surface area contributed by atoms with Crippen LogP contribution >= 0.6 is 11.6 Å². The molecule has 0 aliphatic heterocycles. The fourth-order valence-electron chi connectivity index (χ4n) is 1.64. The summed E-state index contributed by atoms with van der Waals surface area (Å²) in [6.07, 6.45) is 1.33. The summed E-state index contributed by atoms with van der Waals surface area (Å²) in [4.78, 5) is 0. The van der Waals surface area contributed by atoms with Crippen LogP contribution in [0.5, 0.6) is 5.75 Å². The molecule has 0 bridgehead atoms. The molecule has 102 valence electrons. The Bertz CT molecular complexity index is 378. The van der Waals surface area contributed by atoms with E-state index in [4.69, 9.17) is 16.3 Å². The van der Waals surface area contributed by atoms with Gasteiger partial charge in [0, 0.05) is 6.54 Å². The molecule has 1 rings (SSSR count). The van der Waals surface area contributed by atoms with E-state index >= 15 is 0 Å². The van der Waals surface area contributed by atoms with Crippen molar-refractivity contribution >= 4 is 11.6 Å². The van der Waals surface area contributed by atoms with Crippen molar-refractivity contribution < 1.29 is 9.84 Å². The topological polar surface area (TPSA) is 41.5 Å². The van der Waals surface area contributed by atoms with Crippen LogP contribution in [0.15, 0.2) is 18.2 Å². The number of rotatable bonds is 7. The molecule has 0 saturated heterocycles. The maximum absolute atomic E-state index is 10.1. The summed E-state index contributed by atoms with van der Waals surface area (Å²) >= 11 is 6.15. The average Bonchev–Trinajstić information content (AvgIpc) is 2.38. The molecule has 0 amide bonds. The Kier molecular flexibility index (Phi) is 5.93. The highest BCUT2D eigenvalue weighted by Crippen LogP contribution is 2.27. The van der Waals surface area contributed by atoms with Crippen LogP contribution in [0.4, 0.5) is 0 Å². The molecule has 0 atom stereocenters. The molecule has 0 aromatic heterocycles. The molecule has 0 aliphatic carbocycles. The van der Waals surface area contributed by atoms with Crippen molar-refractivity contribution in [1.29, 1.82) is 0 Å². The second-order valence-corrected chi connectivity index (χ2v) is 4.92. The van der Waals surface area contributed by atoms with Gasteiger partial charge in [0.1, 0.15) is 12.4 Å². The molecule has 3 nitrogen and oxygen atoms in total. The third-order valence-electron chi connectivity index (χ3n) is 3.19. The summed E-state index contributed by atoms with van der Waals surface area (Å²) in [6.45, 7) is 4.94. The van der Waals surface area contributed by atoms with E-state index in [9.17, 15) is 5.11 Å². The van der Waals surface area contributed by atoms with E-state index in [1.54, 1.807) is 0 Å². The first-order valence-corrected chi connectivity index (χ1v) is 6.70. The van der Waals surface area contributed by atoms with Gasteiger partial charge < -0.3 is 15.2 Å². The maximum atomic E-state index is 10.1. The van der Waals surface area contributed by atoms with Gasteiger partial charge in [0.05, 0.1) is 10.6 Å². The smallest absolute Gasteiger partial charge is 0.138 e. The van der Waals surface area contributed by atoms with Crippen LogP contribution in [0.3, 0.4) is 0 Å². The van der Waals surface area contributed by atoms with E-state index in [0.29, 0.717) is 23.6 Å². The minimum absolute atomic E-state index is 0.269. The van der Waals surface area contributed by atoms with Gasteiger partial charge in [-0.25, -0.2) is 0 Å².